The molecule has 2 nitrogen and oxygen atoms in total. The normalized spacial score (nSPS) is 24.6. The van der Waals surface area contributed by atoms with Crippen LogP contribution in [0, 0.1) is 0 Å². The van der Waals surface area contributed by atoms with Gasteiger partial charge in [0.25, 0.3) is 0 Å². The number of hydrogen-bond donors (Lipinski definition) is 1. The van der Waals surface area contributed by atoms with Crippen molar-refractivity contribution < 1.29 is 9.84 Å². The molecule has 0 aliphatic heterocycles. The van der Waals surface area contributed by atoms with Crippen molar-refractivity contribution in [3.63, 3.8) is 0 Å². The Morgan fingerprint density at radius 2 is 1.83 bits per heavy atom. The Morgan fingerprint density at radius 3 is 2.67 bits per heavy atom. The topological polar surface area (TPSA) is 29.5 Å². The second-order valence-electron chi connectivity index (χ2n) is 5.65. The van der Waals surface area contributed by atoms with Crippen LogP contribution >= 0.6 is 0 Å². The van der Waals surface area contributed by atoms with Gasteiger partial charge < -0.3 is 9.84 Å². The maximum Gasteiger partial charge on any atom is 0.120 e. The fourth-order valence-corrected chi connectivity index (χ4v) is 3.20. The van der Waals surface area contributed by atoms with E-state index < -0.39 is 0 Å². The molecule has 1 aromatic rings. The van der Waals surface area contributed by atoms with Crippen LogP contribution in [0.1, 0.15) is 62.2 Å². The number of ether oxygens (including phenoxy) is 1. The van der Waals surface area contributed by atoms with Gasteiger partial charge in [-0.25, -0.2) is 0 Å². The largest absolute Gasteiger partial charge is 0.490 e. The number of benzene rings is 1. The maximum absolute atomic E-state index is 10.0. The third kappa shape index (κ3) is 2.54. The molecule has 18 heavy (non-hydrogen) atoms. The Hall–Kier alpha value is -1.02. The summed E-state index contributed by atoms with van der Waals surface area (Å²) in [5.74, 6) is 0.946. The molecule has 0 bridgehead atoms. The van der Waals surface area contributed by atoms with Gasteiger partial charge in [-0.3, -0.25) is 0 Å². The van der Waals surface area contributed by atoms with Crippen LogP contribution < -0.4 is 4.74 Å². The van der Waals surface area contributed by atoms with Gasteiger partial charge in [-0.2, -0.15) is 0 Å². The summed E-state index contributed by atoms with van der Waals surface area (Å²) in [7, 11) is 0. The highest BCUT2D eigenvalue weighted by Gasteiger charge is 2.20. The maximum atomic E-state index is 10.0. The molecule has 0 amide bonds. The van der Waals surface area contributed by atoms with Crippen molar-refractivity contribution in [2.75, 3.05) is 0 Å². The number of rotatable bonds is 2. The lowest BCUT2D eigenvalue weighted by atomic mass is 9.89. The van der Waals surface area contributed by atoms with Crippen molar-refractivity contribution >= 4 is 0 Å². The fourth-order valence-electron chi connectivity index (χ4n) is 3.20. The Bertz CT molecular complexity index is 408. The first kappa shape index (κ1) is 12.0. The third-order valence-corrected chi connectivity index (χ3v) is 4.25. The Labute approximate surface area is 109 Å². The zero-order valence-electron chi connectivity index (χ0n) is 10.9. The second kappa shape index (κ2) is 5.31. The van der Waals surface area contributed by atoms with Crippen LogP contribution in [0.2, 0.25) is 0 Å². The summed E-state index contributed by atoms with van der Waals surface area (Å²) in [6, 6.07) is 6.27. The van der Waals surface area contributed by atoms with E-state index in [0.29, 0.717) is 6.10 Å². The minimum absolute atomic E-state index is 0.288. The number of fused-ring (bicyclic) bond motifs is 1. The molecule has 0 heterocycles. The van der Waals surface area contributed by atoms with Crippen molar-refractivity contribution in [1.29, 1.82) is 0 Å². The zero-order valence-corrected chi connectivity index (χ0v) is 10.9. The lowest BCUT2D eigenvalue weighted by molar-refractivity contribution is 0.147. The molecule has 1 saturated carbocycles. The molecule has 1 atom stereocenters. The molecular weight excluding hydrogens is 224 g/mol. The number of aryl methyl sites for hydroxylation is 1. The van der Waals surface area contributed by atoms with Crippen LogP contribution in [-0.4, -0.2) is 11.2 Å². The van der Waals surface area contributed by atoms with E-state index in [1.165, 1.54) is 37.7 Å². The van der Waals surface area contributed by atoms with Crippen molar-refractivity contribution in [2.24, 2.45) is 0 Å². The van der Waals surface area contributed by atoms with Crippen molar-refractivity contribution in [2.45, 2.75) is 63.6 Å². The van der Waals surface area contributed by atoms with Crippen molar-refractivity contribution in [3.05, 3.63) is 29.3 Å². The smallest absolute Gasteiger partial charge is 0.120 e. The van der Waals surface area contributed by atoms with Gasteiger partial charge in [-0.15, -0.1) is 0 Å². The molecule has 1 N–H and O–H groups in total. The van der Waals surface area contributed by atoms with Crippen LogP contribution in [0.3, 0.4) is 0 Å². The average Bonchev–Trinajstić information content (AvgIpc) is 2.41. The summed E-state index contributed by atoms with van der Waals surface area (Å²) in [6.45, 7) is 0. The highest BCUT2D eigenvalue weighted by atomic mass is 16.5. The first-order valence-electron chi connectivity index (χ1n) is 7.30. The lowest BCUT2D eigenvalue weighted by Gasteiger charge is -2.25. The predicted octanol–water partition coefficient (Wildman–Crippen LogP) is 3.77. The van der Waals surface area contributed by atoms with E-state index in [1.807, 2.05) is 0 Å². The van der Waals surface area contributed by atoms with E-state index in [4.69, 9.17) is 4.74 Å². The van der Waals surface area contributed by atoms with Crippen molar-refractivity contribution in [1.82, 2.24) is 0 Å². The highest BCUT2D eigenvalue weighted by Crippen LogP contribution is 2.33. The monoisotopic (exact) mass is 246 g/mol. The fraction of sp³-hybridized carbons (Fsp3) is 0.625. The number of aliphatic hydroxyl groups is 1. The van der Waals surface area contributed by atoms with E-state index in [-0.39, 0.29) is 6.10 Å². The first-order valence-corrected chi connectivity index (χ1v) is 7.30. The molecule has 1 aromatic carbocycles. The van der Waals surface area contributed by atoms with E-state index in [1.54, 1.807) is 0 Å². The van der Waals surface area contributed by atoms with Gasteiger partial charge in [-0.1, -0.05) is 12.5 Å². The lowest BCUT2D eigenvalue weighted by Crippen LogP contribution is -2.20. The van der Waals surface area contributed by atoms with Crippen molar-refractivity contribution in [3.8, 4) is 5.75 Å². The van der Waals surface area contributed by atoms with Gasteiger partial charge in [0.15, 0.2) is 0 Å². The van der Waals surface area contributed by atoms with Crippen LogP contribution in [0.5, 0.6) is 5.75 Å². The summed E-state index contributed by atoms with van der Waals surface area (Å²) < 4.78 is 6.06. The quantitative estimate of drug-likeness (QED) is 0.860. The number of hydrogen-bond acceptors (Lipinski definition) is 2. The summed E-state index contributed by atoms with van der Waals surface area (Å²) in [4.78, 5) is 0. The first-order chi connectivity index (χ1) is 8.83. The van der Waals surface area contributed by atoms with Gasteiger partial charge in [-0.05, 0) is 68.2 Å². The van der Waals surface area contributed by atoms with Gasteiger partial charge in [0, 0.05) is 0 Å². The summed E-state index contributed by atoms with van der Waals surface area (Å²) in [5, 5.41) is 10.0. The minimum atomic E-state index is -0.288. The Balaban J connectivity index is 1.74. The predicted molar refractivity (Wildman–Crippen MR) is 71.8 cm³/mol. The van der Waals surface area contributed by atoms with Gasteiger partial charge in [0.05, 0.1) is 12.2 Å². The highest BCUT2D eigenvalue weighted by molar-refractivity contribution is 5.38. The molecule has 3 rings (SSSR count). The Morgan fingerprint density at radius 1 is 1.00 bits per heavy atom. The minimum Gasteiger partial charge on any atom is -0.490 e. The molecule has 1 fully saturated rings. The van der Waals surface area contributed by atoms with Crippen LogP contribution in [0.15, 0.2) is 18.2 Å². The molecule has 2 aliphatic rings. The molecule has 0 saturated heterocycles. The second-order valence-corrected chi connectivity index (χ2v) is 5.65. The summed E-state index contributed by atoms with van der Waals surface area (Å²) in [5.41, 5.74) is 2.39. The van der Waals surface area contributed by atoms with Crippen LogP contribution in [0.4, 0.5) is 0 Å². The SMILES string of the molecule is O[C@@H]1CCCc2ccc(OC3CCCCC3)cc21. The molecule has 0 unspecified atom stereocenters. The molecule has 98 valence electrons. The Kier molecular flexibility index (Phi) is 3.55. The van der Waals surface area contributed by atoms with Gasteiger partial charge in [0.1, 0.15) is 5.75 Å². The molecule has 2 heteroatoms. The summed E-state index contributed by atoms with van der Waals surface area (Å²) in [6.07, 6.45) is 9.46. The molecule has 2 aliphatic carbocycles. The van der Waals surface area contributed by atoms with Crippen LogP contribution in [0.25, 0.3) is 0 Å². The van der Waals surface area contributed by atoms with E-state index in [0.717, 1.165) is 30.6 Å². The van der Waals surface area contributed by atoms with Gasteiger partial charge >= 0.3 is 0 Å². The standard InChI is InChI=1S/C16H22O2/c17-16-8-4-5-12-9-10-14(11-15(12)16)18-13-6-2-1-3-7-13/h9-11,13,16-17H,1-8H2/t16-/m1/s1. The molecular formula is C16H22O2. The molecule has 0 spiro atoms. The zero-order chi connectivity index (χ0) is 12.4. The van der Waals surface area contributed by atoms with Crippen LogP contribution in [-0.2, 0) is 6.42 Å². The number of aliphatic hydroxyl groups excluding tert-OH is 1. The van der Waals surface area contributed by atoms with E-state index >= 15 is 0 Å². The van der Waals surface area contributed by atoms with E-state index in [2.05, 4.69) is 18.2 Å². The molecule has 0 aromatic heterocycles. The third-order valence-electron chi connectivity index (χ3n) is 4.25. The summed E-state index contributed by atoms with van der Waals surface area (Å²) >= 11 is 0. The van der Waals surface area contributed by atoms with E-state index in [9.17, 15) is 5.11 Å². The average molecular weight is 246 g/mol. The van der Waals surface area contributed by atoms with Gasteiger partial charge in [0.2, 0.25) is 0 Å². The molecule has 0 radical (unpaired) electrons.